The van der Waals surface area contributed by atoms with Crippen molar-refractivity contribution >= 4 is 34.6 Å². The molecule has 0 heterocycles. The fraction of sp³-hybridized carbons (Fsp3) is 0.133. The molecule has 0 radical (unpaired) electrons. The minimum absolute atomic E-state index is 0.170. The van der Waals surface area contributed by atoms with Crippen LogP contribution in [0.4, 0.5) is 17.1 Å². The zero-order valence-electron chi connectivity index (χ0n) is 11.3. The second-order valence-corrected chi connectivity index (χ2v) is 4.90. The molecular formula is C15H16ClN3O. The first-order chi connectivity index (χ1) is 9.51. The molecule has 0 atom stereocenters. The molecule has 2 rings (SSSR count). The zero-order chi connectivity index (χ0) is 14.7. The minimum atomic E-state index is -0.170. The molecule has 0 spiro atoms. The molecule has 0 saturated carbocycles. The van der Waals surface area contributed by atoms with E-state index in [-0.39, 0.29) is 5.91 Å². The van der Waals surface area contributed by atoms with Crippen molar-refractivity contribution in [3.63, 3.8) is 0 Å². The monoisotopic (exact) mass is 289 g/mol. The molecule has 2 aromatic rings. The van der Waals surface area contributed by atoms with Crippen LogP contribution >= 0.6 is 11.6 Å². The van der Waals surface area contributed by atoms with Gasteiger partial charge in [-0.1, -0.05) is 17.7 Å². The Bertz CT molecular complexity index is 656. The Hall–Kier alpha value is -2.20. The van der Waals surface area contributed by atoms with Crippen LogP contribution in [0.15, 0.2) is 36.4 Å². The van der Waals surface area contributed by atoms with Crippen molar-refractivity contribution in [3.8, 4) is 0 Å². The topological polar surface area (TPSA) is 67.2 Å². The van der Waals surface area contributed by atoms with Crippen LogP contribution in [-0.4, -0.2) is 13.0 Å². The molecule has 104 valence electrons. The maximum atomic E-state index is 11.5. The zero-order valence-corrected chi connectivity index (χ0v) is 12.1. The van der Waals surface area contributed by atoms with Gasteiger partial charge in [-0.25, -0.2) is 0 Å². The number of amides is 1. The van der Waals surface area contributed by atoms with Crippen molar-refractivity contribution in [1.29, 1.82) is 0 Å². The molecule has 2 aromatic carbocycles. The summed E-state index contributed by atoms with van der Waals surface area (Å²) in [7, 11) is 1.58. The third-order valence-corrected chi connectivity index (χ3v) is 3.25. The lowest BCUT2D eigenvalue weighted by Gasteiger charge is -2.12. The molecule has 0 fully saturated rings. The van der Waals surface area contributed by atoms with E-state index in [9.17, 15) is 4.79 Å². The molecule has 0 bridgehead atoms. The van der Waals surface area contributed by atoms with Gasteiger partial charge in [0.1, 0.15) is 0 Å². The molecule has 5 heteroatoms. The number of nitrogens with one attached hydrogen (secondary N) is 2. The maximum absolute atomic E-state index is 11.5. The summed E-state index contributed by atoms with van der Waals surface area (Å²) in [5, 5.41) is 6.34. The Labute approximate surface area is 122 Å². The third-order valence-electron chi connectivity index (χ3n) is 2.93. The van der Waals surface area contributed by atoms with Gasteiger partial charge in [0.25, 0.3) is 5.91 Å². The highest BCUT2D eigenvalue weighted by Crippen LogP contribution is 2.29. The molecule has 0 aliphatic rings. The van der Waals surface area contributed by atoms with Gasteiger partial charge in [0, 0.05) is 12.6 Å². The number of halogens is 1. The summed E-state index contributed by atoms with van der Waals surface area (Å²) in [4.78, 5) is 11.5. The van der Waals surface area contributed by atoms with Gasteiger partial charge in [0.15, 0.2) is 0 Å². The fourth-order valence-corrected chi connectivity index (χ4v) is 2.11. The molecule has 1 amide bonds. The lowest BCUT2D eigenvalue weighted by Crippen LogP contribution is -2.17. The van der Waals surface area contributed by atoms with Gasteiger partial charge in [-0.2, -0.15) is 0 Å². The van der Waals surface area contributed by atoms with Gasteiger partial charge in [0.2, 0.25) is 0 Å². The highest BCUT2D eigenvalue weighted by Gasteiger charge is 2.08. The van der Waals surface area contributed by atoms with E-state index in [4.69, 9.17) is 17.3 Å². The number of anilines is 3. The number of nitrogens with two attached hydrogens (primary N) is 1. The van der Waals surface area contributed by atoms with Crippen molar-refractivity contribution in [2.24, 2.45) is 0 Å². The Kier molecular flexibility index (Phi) is 4.15. The summed E-state index contributed by atoms with van der Waals surface area (Å²) >= 11 is 6.17. The summed E-state index contributed by atoms with van der Waals surface area (Å²) < 4.78 is 0. The molecule has 0 unspecified atom stereocenters. The van der Waals surface area contributed by atoms with Crippen LogP contribution in [-0.2, 0) is 0 Å². The average molecular weight is 290 g/mol. The van der Waals surface area contributed by atoms with E-state index < -0.39 is 0 Å². The molecule has 0 saturated heterocycles. The number of nitrogen functional groups attached to an aromatic ring is 1. The molecule has 4 nitrogen and oxygen atoms in total. The Balaban J connectivity index is 2.28. The standard InChI is InChI=1S/C15H16ClN3O/c1-9-3-5-13(11(16)7-9)19-14-6-4-10(8-12(14)17)15(20)18-2/h3-8,19H,17H2,1-2H3,(H,18,20). The van der Waals surface area contributed by atoms with Crippen molar-refractivity contribution in [2.45, 2.75) is 6.92 Å². The number of hydrogen-bond donors (Lipinski definition) is 3. The normalized spacial score (nSPS) is 10.2. The summed E-state index contributed by atoms with van der Waals surface area (Å²) in [5.41, 5.74) is 9.54. The van der Waals surface area contributed by atoms with Crippen molar-refractivity contribution in [2.75, 3.05) is 18.1 Å². The van der Waals surface area contributed by atoms with E-state index in [0.29, 0.717) is 22.0 Å². The second-order valence-electron chi connectivity index (χ2n) is 4.49. The van der Waals surface area contributed by atoms with Crippen molar-refractivity contribution < 1.29 is 4.79 Å². The lowest BCUT2D eigenvalue weighted by atomic mass is 10.1. The van der Waals surface area contributed by atoms with E-state index in [2.05, 4.69) is 10.6 Å². The highest BCUT2D eigenvalue weighted by molar-refractivity contribution is 6.33. The van der Waals surface area contributed by atoms with E-state index in [0.717, 1.165) is 11.3 Å². The Morgan fingerprint density at radius 2 is 1.85 bits per heavy atom. The predicted molar refractivity (Wildman–Crippen MR) is 83.7 cm³/mol. The third kappa shape index (κ3) is 3.03. The average Bonchev–Trinajstić information content (AvgIpc) is 2.42. The van der Waals surface area contributed by atoms with Crippen LogP contribution in [0.3, 0.4) is 0 Å². The number of rotatable bonds is 3. The molecule has 4 N–H and O–H groups in total. The summed E-state index contributed by atoms with van der Waals surface area (Å²) in [6.45, 7) is 1.97. The minimum Gasteiger partial charge on any atom is -0.397 e. The van der Waals surface area contributed by atoms with Gasteiger partial charge in [-0.15, -0.1) is 0 Å². The van der Waals surface area contributed by atoms with Crippen LogP contribution in [0.5, 0.6) is 0 Å². The van der Waals surface area contributed by atoms with Gasteiger partial charge < -0.3 is 16.4 Å². The smallest absolute Gasteiger partial charge is 0.251 e. The first-order valence-electron chi connectivity index (χ1n) is 6.16. The number of benzene rings is 2. The summed E-state index contributed by atoms with van der Waals surface area (Å²) in [6.07, 6.45) is 0. The molecule has 0 aliphatic heterocycles. The molecule has 0 aromatic heterocycles. The lowest BCUT2D eigenvalue weighted by molar-refractivity contribution is 0.0963. The van der Waals surface area contributed by atoms with Crippen molar-refractivity contribution in [3.05, 3.63) is 52.5 Å². The highest BCUT2D eigenvalue weighted by atomic mass is 35.5. The van der Waals surface area contributed by atoms with Crippen LogP contribution in [0.1, 0.15) is 15.9 Å². The Morgan fingerprint density at radius 3 is 2.45 bits per heavy atom. The summed E-state index contributed by atoms with van der Waals surface area (Å²) in [5.74, 6) is -0.170. The van der Waals surface area contributed by atoms with Gasteiger partial charge in [0.05, 0.1) is 22.1 Å². The first-order valence-corrected chi connectivity index (χ1v) is 6.54. The number of aryl methyl sites for hydroxylation is 1. The number of carbonyl (C=O) groups is 1. The van der Waals surface area contributed by atoms with Gasteiger partial charge in [-0.3, -0.25) is 4.79 Å². The van der Waals surface area contributed by atoms with E-state index in [1.807, 2.05) is 25.1 Å². The maximum Gasteiger partial charge on any atom is 0.251 e. The predicted octanol–water partition coefficient (Wildman–Crippen LogP) is 3.33. The van der Waals surface area contributed by atoms with E-state index in [1.165, 1.54) is 0 Å². The van der Waals surface area contributed by atoms with Crippen LogP contribution < -0.4 is 16.4 Å². The molecule has 0 aliphatic carbocycles. The molecule has 20 heavy (non-hydrogen) atoms. The van der Waals surface area contributed by atoms with Crippen molar-refractivity contribution in [1.82, 2.24) is 5.32 Å². The first kappa shape index (κ1) is 14.2. The fourth-order valence-electron chi connectivity index (χ4n) is 1.83. The summed E-state index contributed by atoms with van der Waals surface area (Å²) in [6, 6.07) is 10.8. The van der Waals surface area contributed by atoms with Crippen LogP contribution in [0.2, 0.25) is 5.02 Å². The van der Waals surface area contributed by atoms with E-state index in [1.54, 1.807) is 25.2 Å². The molecular weight excluding hydrogens is 274 g/mol. The largest absolute Gasteiger partial charge is 0.397 e. The SMILES string of the molecule is CNC(=O)c1ccc(Nc2ccc(C)cc2Cl)c(N)c1. The number of carbonyl (C=O) groups excluding carboxylic acids is 1. The van der Waals surface area contributed by atoms with Gasteiger partial charge in [-0.05, 0) is 42.8 Å². The van der Waals surface area contributed by atoms with Crippen LogP contribution in [0, 0.1) is 6.92 Å². The quantitative estimate of drug-likeness (QED) is 0.759. The van der Waals surface area contributed by atoms with Crippen LogP contribution in [0.25, 0.3) is 0 Å². The Morgan fingerprint density at radius 1 is 1.15 bits per heavy atom. The number of hydrogen-bond acceptors (Lipinski definition) is 3. The van der Waals surface area contributed by atoms with E-state index >= 15 is 0 Å². The van der Waals surface area contributed by atoms with Gasteiger partial charge >= 0.3 is 0 Å². The second kappa shape index (κ2) is 5.84.